The van der Waals surface area contributed by atoms with Gasteiger partial charge in [0.05, 0.1) is 19.8 Å². The van der Waals surface area contributed by atoms with Gasteiger partial charge in [0.15, 0.2) is 5.78 Å². The Balaban J connectivity index is 1.83. The van der Waals surface area contributed by atoms with Crippen molar-refractivity contribution in [2.75, 3.05) is 26.9 Å². The lowest BCUT2D eigenvalue weighted by molar-refractivity contribution is 0.0666. The molecular formula is C13H19NO3. The van der Waals surface area contributed by atoms with E-state index in [0.717, 1.165) is 24.9 Å². The van der Waals surface area contributed by atoms with Gasteiger partial charge in [-0.3, -0.25) is 4.79 Å². The Morgan fingerprint density at radius 1 is 1.24 bits per heavy atom. The molecule has 0 fully saturated rings. The van der Waals surface area contributed by atoms with E-state index >= 15 is 0 Å². The van der Waals surface area contributed by atoms with Gasteiger partial charge in [-0.25, -0.2) is 0 Å². The number of ketones is 1. The third-order valence-corrected chi connectivity index (χ3v) is 3.04. The van der Waals surface area contributed by atoms with Crippen molar-refractivity contribution in [3.05, 3.63) is 23.5 Å². The second-order valence-electron chi connectivity index (χ2n) is 4.32. The number of carbonyl (C=O) groups excluding carboxylic acids is 1. The van der Waals surface area contributed by atoms with Gasteiger partial charge in [0, 0.05) is 38.0 Å². The zero-order valence-corrected chi connectivity index (χ0v) is 10.3. The van der Waals surface area contributed by atoms with Gasteiger partial charge >= 0.3 is 0 Å². The first-order valence-electron chi connectivity index (χ1n) is 6.10. The lowest BCUT2D eigenvalue weighted by atomic mass is 9.95. The van der Waals surface area contributed by atoms with Crippen molar-refractivity contribution in [1.29, 1.82) is 0 Å². The summed E-state index contributed by atoms with van der Waals surface area (Å²) in [6.45, 7) is 2.70. The summed E-state index contributed by atoms with van der Waals surface area (Å²) in [6, 6.07) is 0. The number of nitrogens with zero attached hydrogens (tertiary/aromatic N) is 1. The first kappa shape index (κ1) is 12.3. The van der Waals surface area contributed by atoms with Crippen LogP contribution in [-0.2, 0) is 22.4 Å². The van der Waals surface area contributed by atoms with Gasteiger partial charge in [0.2, 0.25) is 0 Å². The lowest BCUT2D eigenvalue weighted by Crippen LogP contribution is -2.08. The van der Waals surface area contributed by atoms with Crippen molar-refractivity contribution < 1.29 is 14.3 Å². The standard InChI is InChI=1S/C13H19NO3/c1-16-7-8-17-6-5-14-9-11-3-2-4-13(15)12(11)10-14/h9-10H,2-8H2,1H3. The molecular weight excluding hydrogens is 218 g/mol. The summed E-state index contributed by atoms with van der Waals surface area (Å²) in [4.78, 5) is 11.7. The maximum Gasteiger partial charge on any atom is 0.164 e. The van der Waals surface area contributed by atoms with E-state index in [-0.39, 0.29) is 5.78 Å². The average molecular weight is 237 g/mol. The molecule has 0 spiro atoms. The highest BCUT2D eigenvalue weighted by molar-refractivity contribution is 5.98. The minimum absolute atomic E-state index is 0.283. The number of aromatic nitrogens is 1. The summed E-state index contributed by atoms with van der Waals surface area (Å²) in [7, 11) is 1.66. The van der Waals surface area contributed by atoms with Gasteiger partial charge in [-0.15, -0.1) is 0 Å². The molecule has 1 aliphatic rings. The summed E-state index contributed by atoms with van der Waals surface area (Å²) in [5.41, 5.74) is 2.10. The maximum absolute atomic E-state index is 11.7. The zero-order valence-electron chi connectivity index (χ0n) is 10.3. The molecule has 2 rings (SSSR count). The fourth-order valence-electron chi connectivity index (χ4n) is 2.12. The van der Waals surface area contributed by atoms with Crippen LogP contribution >= 0.6 is 0 Å². The van der Waals surface area contributed by atoms with Crippen molar-refractivity contribution in [2.45, 2.75) is 25.8 Å². The van der Waals surface area contributed by atoms with E-state index in [1.54, 1.807) is 7.11 Å². The predicted octanol–water partition coefficient (Wildman–Crippen LogP) is 1.67. The number of ether oxygens (including phenoxy) is 2. The van der Waals surface area contributed by atoms with Crippen LogP contribution in [0.4, 0.5) is 0 Å². The topological polar surface area (TPSA) is 40.5 Å². The molecule has 4 heteroatoms. The molecule has 0 saturated carbocycles. The fourth-order valence-corrected chi connectivity index (χ4v) is 2.12. The molecule has 1 aliphatic carbocycles. The van der Waals surface area contributed by atoms with Crippen molar-refractivity contribution >= 4 is 5.78 Å². The monoisotopic (exact) mass is 237 g/mol. The first-order valence-corrected chi connectivity index (χ1v) is 6.10. The van der Waals surface area contributed by atoms with Gasteiger partial charge in [-0.1, -0.05) is 0 Å². The van der Waals surface area contributed by atoms with E-state index in [2.05, 4.69) is 10.8 Å². The normalized spacial score (nSPS) is 15.0. The maximum atomic E-state index is 11.7. The van der Waals surface area contributed by atoms with Crippen LogP contribution < -0.4 is 0 Å². The van der Waals surface area contributed by atoms with Gasteiger partial charge in [0.25, 0.3) is 0 Å². The fraction of sp³-hybridized carbons (Fsp3) is 0.615. The third-order valence-electron chi connectivity index (χ3n) is 3.04. The summed E-state index contributed by atoms with van der Waals surface area (Å²) in [5, 5.41) is 0. The van der Waals surface area contributed by atoms with Crippen molar-refractivity contribution in [3.8, 4) is 0 Å². The molecule has 1 aromatic heterocycles. The number of methoxy groups -OCH3 is 1. The first-order chi connectivity index (χ1) is 8.31. The van der Waals surface area contributed by atoms with E-state index in [1.807, 2.05) is 6.20 Å². The number of hydrogen-bond acceptors (Lipinski definition) is 3. The van der Waals surface area contributed by atoms with E-state index < -0.39 is 0 Å². The number of fused-ring (bicyclic) bond motifs is 1. The highest BCUT2D eigenvalue weighted by atomic mass is 16.5. The summed E-state index contributed by atoms with van der Waals surface area (Å²) in [6.07, 6.45) is 6.74. The third kappa shape index (κ3) is 3.17. The highest BCUT2D eigenvalue weighted by Gasteiger charge is 2.18. The lowest BCUT2D eigenvalue weighted by Gasteiger charge is -2.07. The Bertz CT molecular complexity index is 384. The smallest absolute Gasteiger partial charge is 0.164 e. The van der Waals surface area contributed by atoms with Crippen LogP contribution in [0.5, 0.6) is 0 Å². The number of rotatable bonds is 6. The van der Waals surface area contributed by atoms with Crippen molar-refractivity contribution in [1.82, 2.24) is 4.57 Å². The molecule has 17 heavy (non-hydrogen) atoms. The van der Waals surface area contributed by atoms with Crippen LogP contribution in [0.3, 0.4) is 0 Å². The molecule has 0 N–H and O–H groups in total. The van der Waals surface area contributed by atoms with Crippen LogP contribution in [0, 0.1) is 0 Å². The minimum Gasteiger partial charge on any atom is -0.382 e. The van der Waals surface area contributed by atoms with Gasteiger partial charge in [-0.2, -0.15) is 0 Å². The second-order valence-corrected chi connectivity index (χ2v) is 4.32. The number of aryl methyl sites for hydroxylation is 1. The molecule has 0 aromatic carbocycles. The number of hydrogen-bond donors (Lipinski definition) is 0. The van der Waals surface area contributed by atoms with Gasteiger partial charge < -0.3 is 14.0 Å². The van der Waals surface area contributed by atoms with Crippen molar-refractivity contribution in [3.63, 3.8) is 0 Å². The SMILES string of the molecule is COCCOCCn1cc2c(c1)C(=O)CCC2. The van der Waals surface area contributed by atoms with Crippen LogP contribution in [0.1, 0.15) is 28.8 Å². The zero-order chi connectivity index (χ0) is 12.1. The van der Waals surface area contributed by atoms with E-state index in [4.69, 9.17) is 9.47 Å². The predicted molar refractivity (Wildman–Crippen MR) is 64.4 cm³/mol. The molecule has 0 amide bonds. The molecule has 4 nitrogen and oxygen atoms in total. The Hall–Kier alpha value is -1.13. The quantitative estimate of drug-likeness (QED) is 0.707. The molecule has 1 heterocycles. The van der Waals surface area contributed by atoms with Crippen LogP contribution in [-0.4, -0.2) is 37.3 Å². The summed E-state index contributed by atoms with van der Waals surface area (Å²) in [5.74, 6) is 0.283. The Labute approximate surface area is 102 Å². The van der Waals surface area contributed by atoms with Gasteiger partial charge in [0.1, 0.15) is 0 Å². The molecule has 94 valence electrons. The molecule has 0 unspecified atom stereocenters. The van der Waals surface area contributed by atoms with Gasteiger partial charge in [-0.05, 0) is 18.4 Å². The van der Waals surface area contributed by atoms with E-state index in [9.17, 15) is 4.79 Å². The number of carbonyl (C=O) groups is 1. The molecule has 0 bridgehead atoms. The molecule has 1 aromatic rings. The second kappa shape index (κ2) is 5.98. The Morgan fingerprint density at radius 3 is 2.88 bits per heavy atom. The largest absolute Gasteiger partial charge is 0.382 e. The average Bonchev–Trinajstić information content (AvgIpc) is 2.73. The molecule has 0 aliphatic heterocycles. The van der Waals surface area contributed by atoms with E-state index in [1.165, 1.54) is 5.56 Å². The Morgan fingerprint density at radius 2 is 2.12 bits per heavy atom. The minimum atomic E-state index is 0.283. The molecule has 0 saturated heterocycles. The summed E-state index contributed by atoms with van der Waals surface area (Å²) < 4.78 is 12.4. The van der Waals surface area contributed by atoms with E-state index in [0.29, 0.717) is 26.2 Å². The van der Waals surface area contributed by atoms with Crippen LogP contribution in [0.15, 0.2) is 12.4 Å². The Kier molecular flexibility index (Phi) is 4.34. The van der Waals surface area contributed by atoms with Crippen LogP contribution in [0.25, 0.3) is 0 Å². The molecule has 0 atom stereocenters. The summed E-state index contributed by atoms with van der Waals surface area (Å²) >= 11 is 0. The highest BCUT2D eigenvalue weighted by Crippen LogP contribution is 2.21. The van der Waals surface area contributed by atoms with Crippen LogP contribution in [0.2, 0.25) is 0 Å². The number of Topliss-reactive ketones (excluding diaryl/α,β-unsaturated/α-hetero) is 1. The molecule has 0 radical (unpaired) electrons. The van der Waals surface area contributed by atoms with Crippen molar-refractivity contribution in [2.24, 2.45) is 0 Å².